The van der Waals surface area contributed by atoms with Crippen LogP contribution in [0, 0.1) is 17.2 Å². The van der Waals surface area contributed by atoms with Crippen molar-refractivity contribution < 1.29 is 4.79 Å². The maximum absolute atomic E-state index is 13.6. The van der Waals surface area contributed by atoms with Gasteiger partial charge in [0.25, 0.3) is 0 Å². The number of fused-ring (bicyclic) bond motifs is 5. The lowest BCUT2D eigenvalue weighted by molar-refractivity contribution is -0.126. The summed E-state index contributed by atoms with van der Waals surface area (Å²) in [5, 5.41) is 17.9. The molecule has 1 saturated carbocycles. The van der Waals surface area contributed by atoms with Crippen molar-refractivity contribution in [2.45, 2.75) is 69.7 Å². The number of aromatic nitrogens is 2. The van der Waals surface area contributed by atoms with E-state index >= 15 is 0 Å². The van der Waals surface area contributed by atoms with E-state index in [9.17, 15) is 10.1 Å². The van der Waals surface area contributed by atoms with Crippen LogP contribution in [0.5, 0.6) is 0 Å². The molecule has 0 radical (unpaired) electrons. The molecule has 1 aliphatic carbocycles. The molecule has 0 spiro atoms. The van der Waals surface area contributed by atoms with E-state index in [2.05, 4.69) is 52.5 Å². The number of nitriles is 1. The zero-order valence-corrected chi connectivity index (χ0v) is 22.8. The summed E-state index contributed by atoms with van der Waals surface area (Å²) in [6.45, 7) is 7.22. The highest BCUT2D eigenvalue weighted by atomic mass is 16.2. The highest BCUT2D eigenvalue weighted by molar-refractivity contribution is 5.92. The number of amides is 1. The predicted octanol–water partition coefficient (Wildman–Crippen LogP) is 4.04. The van der Waals surface area contributed by atoms with E-state index in [1.54, 1.807) is 0 Å². The van der Waals surface area contributed by atoms with E-state index in [0.717, 1.165) is 73.4 Å². The van der Waals surface area contributed by atoms with Crippen LogP contribution in [-0.4, -0.2) is 63.6 Å². The number of hydrogen-bond acceptors (Lipinski definition) is 7. The monoisotopic (exact) mass is 523 g/mol. The van der Waals surface area contributed by atoms with Gasteiger partial charge in [-0.05, 0) is 49.3 Å². The number of carbonyl (C=O) groups excluding carboxylic acids is 1. The Morgan fingerprint density at radius 1 is 0.974 bits per heavy atom. The first-order valence-corrected chi connectivity index (χ1v) is 14.2. The highest BCUT2D eigenvalue weighted by Gasteiger charge is 2.41. The molecule has 6 rings (SSSR count). The third kappa shape index (κ3) is 4.97. The second-order valence-electron chi connectivity index (χ2n) is 11.7. The molecule has 1 aromatic heterocycles. The molecule has 2 aromatic carbocycles. The summed E-state index contributed by atoms with van der Waals surface area (Å²) in [5.74, 6) is 1.59. The van der Waals surface area contributed by atoms with Crippen molar-refractivity contribution in [1.29, 1.82) is 5.26 Å². The van der Waals surface area contributed by atoms with Gasteiger partial charge in [0, 0.05) is 31.1 Å². The number of carbonyl (C=O) groups is 1. The van der Waals surface area contributed by atoms with Crippen LogP contribution >= 0.6 is 0 Å². The van der Waals surface area contributed by atoms with Gasteiger partial charge in [-0.1, -0.05) is 56.3 Å². The molecule has 3 aromatic rings. The van der Waals surface area contributed by atoms with Crippen molar-refractivity contribution in [3.05, 3.63) is 66.0 Å². The summed E-state index contributed by atoms with van der Waals surface area (Å²) in [7, 11) is 0. The zero-order chi connectivity index (χ0) is 27.0. The molecule has 202 valence electrons. The zero-order valence-electron chi connectivity index (χ0n) is 22.8. The third-order valence-corrected chi connectivity index (χ3v) is 8.93. The second-order valence-corrected chi connectivity index (χ2v) is 11.7. The fourth-order valence-corrected chi connectivity index (χ4v) is 6.61. The Balaban J connectivity index is 1.23. The van der Waals surface area contributed by atoms with Gasteiger partial charge in [-0.15, -0.1) is 0 Å². The summed E-state index contributed by atoms with van der Waals surface area (Å²) in [4.78, 5) is 28.2. The molecule has 2 unspecified atom stereocenters. The van der Waals surface area contributed by atoms with E-state index in [4.69, 9.17) is 9.97 Å². The lowest BCUT2D eigenvalue weighted by Crippen LogP contribution is -2.63. The number of nitrogens with zero attached hydrogens (tertiary/aromatic N) is 5. The number of para-hydroxylation sites is 1. The first-order chi connectivity index (χ1) is 19.0. The van der Waals surface area contributed by atoms with Crippen LogP contribution in [0.3, 0.4) is 0 Å². The van der Waals surface area contributed by atoms with Crippen LogP contribution in [0.15, 0.2) is 54.6 Å². The first kappa shape index (κ1) is 25.7. The number of piperazine rings is 1. The summed E-state index contributed by atoms with van der Waals surface area (Å²) >= 11 is 0. The number of hydrogen-bond donors (Lipinski definition) is 2. The van der Waals surface area contributed by atoms with Crippen LogP contribution < -0.4 is 10.6 Å². The van der Waals surface area contributed by atoms with E-state index in [-0.39, 0.29) is 18.0 Å². The van der Waals surface area contributed by atoms with Crippen LogP contribution in [0.25, 0.3) is 10.9 Å². The predicted molar refractivity (Wildman–Crippen MR) is 152 cm³/mol. The third-order valence-electron chi connectivity index (χ3n) is 8.93. The molecule has 2 aliphatic heterocycles. The van der Waals surface area contributed by atoms with E-state index in [1.165, 1.54) is 0 Å². The minimum atomic E-state index is -0.400. The molecule has 2 fully saturated rings. The van der Waals surface area contributed by atoms with Gasteiger partial charge in [0.2, 0.25) is 5.91 Å². The van der Waals surface area contributed by atoms with Crippen molar-refractivity contribution in [2.75, 3.05) is 25.0 Å². The standard InChI is InChI=1S/C31H37N7O/c1-21(2)28-30(39)35-27-19-37(23-12-14-31(20-32,15-13-23)22-8-4-3-5-9-22)16-17-38(27)18-26-33-25-11-7-6-10-24(25)29(34-26)36-28/h3-11,21,23,27-28H,12-19H2,1-2H3,(H,35,39)(H,33,34,36). The van der Waals surface area contributed by atoms with Crippen molar-refractivity contribution >= 4 is 22.6 Å². The Kier molecular flexibility index (Phi) is 6.96. The molecule has 1 amide bonds. The maximum atomic E-state index is 13.6. The normalized spacial score (nSPS) is 28.3. The molecular weight excluding hydrogens is 486 g/mol. The lowest BCUT2D eigenvalue weighted by Gasteiger charge is -2.47. The van der Waals surface area contributed by atoms with Crippen LogP contribution in [0.1, 0.15) is 50.9 Å². The molecule has 3 aliphatic rings. The van der Waals surface area contributed by atoms with Crippen LogP contribution in [0.2, 0.25) is 0 Å². The molecule has 39 heavy (non-hydrogen) atoms. The molecule has 8 nitrogen and oxygen atoms in total. The van der Waals surface area contributed by atoms with Gasteiger partial charge in [-0.25, -0.2) is 9.97 Å². The molecule has 8 heteroatoms. The Morgan fingerprint density at radius 3 is 2.44 bits per heavy atom. The van der Waals surface area contributed by atoms with Crippen molar-refractivity contribution in [3.63, 3.8) is 0 Å². The van der Waals surface area contributed by atoms with Crippen LogP contribution in [0.4, 0.5) is 5.82 Å². The quantitative estimate of drug-likeness (QED) is 0.535. The van der Waals surface area contributed by atoms with Crippen molar-refractivity contribution in [1.82, 2.24) is 25.1 Å². The number of nitrogens with one attached hydrogen (secondary N) is 2. The average Bonchev–Trinajstić information content (AvgIpc) is 2.96. The Hall–Kier alpha value is -3.54. The molecule has 2 bridgehead atoms. The van der Waals surface area contributed by atoms with E-state index < -0.39 is 11.5 Å². The van der Waals surface area contributed by atoms with E-state index in [1.807, 2.05) is 42.5 Å². The Morgan fingerprint density at radius 2 is 1.69 bits per heavy atom. The van der Waals surface area contributed by atoms with Gasteiger partial charge in [-0.3, -0.25) is 14.6 Å². The minimum Gasteiger partial charge on any atom is -0.358 e. The molecule has 3 heterocycles. The minimum absolute atomic E-state index is 0.00390. The van der Waals surface area contributed by atoms with Crippen LogP contribution in [-0.2, 0) is 16.8 Å². The Labute approximate surface area is 230 Å². The van der Waals surface area contributed by atoms with Gasteiger partial charge < -0.3 is 10.6 Å². The smallest absolute Gasteiger partial charge is 0.244 e. The molecule has 2 N–H and O–H groups in total. The van der Waals surface area contributed by atoms with Crippen molar-refractivity contribution in [3.8, 4) is 6.07 Å². The topological polar surface area (TPSA) is 97.2 Å². The highest BCUT2D eigenvalue weighted by Crippen LogP contribution is 2.40. The van der Waals surface area contributed by atoms with E-state index in [0.29, 0.717) is 12.6 Å². The fourth-order valence-electron chi connectivity index (χ4n) is 6.61. The largest absolute Gasteiger partial charge is 0.358 e. The summed E-state index contributed by atoms with van der Waals surface area (Å²) < 4.78 is 0. The molecule has 1 saturated heterocycles. The summed E-state index contributed by atoms with van der Waals surface area (Å²) in [6, 6.07) is 20.9. The van der Waals surface area contributed by atoms with Gasteiger partial charge in [-0.2, -0.15) is 5.26 Å². The van der Waals surface area contributed by atoms with Gasteiger partial charge in [0.05, 0.1) is 29.7 Å². The number of rotatable bonds is 3. The van der Waals surface area contributed by atoms with Gasteiger partial charge in [0.15, 0.2) is 0 Å². The maximum Gasteiger partial charge on any atom is 0.244 e. The molecular formula is C31H37N7O. The summed E-state index contributed by atoms with van der Waals surface area (Å²) in [6.07, 6.45) is 3.57. The van der Waals surface area contributed by atoms with Crippen molar-refractivity contribution in [2.24, 2.45) is 5.92 Å². The number of benzene rings is 2. The van der Waals surface area contributed by atoms with Gasteiger partial charge >= 0.3 is 0 Å². The lowest BCUT2D eigenvalue weighted by atomic mass is 9.69. The molecule has 2 atom stereocenters. The fraction of sp³-hybridized carbons (Fsp3) is 0.484. The summed E-state index contributed by atoms with van der Waals surface area (Å²) in [5.41, 5.74) is 1.63. The Bertz CT molecular complexity index is 1380. The second kappa shape index (κ2) is 10.6. The van der Waals surface area contributed by atoms with Gasteiger partial charge in [0.1, 0.15) is 17.7 Å². The SMILES string of the molecule is CC(C)C1Nc2nc(nc3ccccc23)CN2CCN(C3CCC(C#N)(c4ccccc4)CC3)CC2NC1=O. The first-order valence-electron chi connectivity index (χ1n) is 14.2. The number of anilines is 1. The average molecular weight is 524 g/mol.